The summed E-state index contributed by atoms with van der Waals surface area (Å²) < 4.78 is 6.82. The fourth-order valence-electron chi connectivity index (χ4n) is 3.00. The van der Waals surface area contributed by atoms with Crippen LogP contribution in [0.2, 0.25) is 10.0 Å². The Balaban J connectivity index is 1.78. The maximum atomic E-state index is 13.0. The van der Waals surface area contributed by atoms with Crippen molar-refractivity contribution in [1.82, 2.24) is 19.6 Å². The van der Waals surface area contributed by atoms with Crippen LogP contribution in [-0.4, -0.2) is 44.2 Å². The molecule has 0 amide bonds. The predicted octanol–water partition coefficient (Wildman–Crippen LogP) is 2.89. The van der Waals surface area contributed by atoms with Crippen LogP contribution in [-0.2, 0) is 11.8 Å². The van der Waals surface area contributed by atoms with E-state index < -0.39 is 5.41 Å². The van der Waals surface area contributed by atoms with Crippen LogP contribution in [0.3, 0.4) is 0 Å². The number of aliphatic hydroxyl groups excluding tert-OH is 1. The zero-order chi connectivity index (χ0) is 19.2. The van der Waals surface area contributed by atoms with Crippen LogP contribution in [0.15, 0.2) is 24.5 Å². The standard InChI is InChI=1S/C18H16Cl2N4O3/c1-27-15-3-2-13(14(26)6-10-11(19)7-21-8-12(10)20)24-16(15)22-17(23-24)18(9-25)4-5-18/h2-3,7-8,25H,4-6,9H2,1H3. The van der Waals surface area contributed by atoms with Crippen molar-refractivity contribution in [2.75, 3.05) is 13.7 Å². The van der Waals surface area contributed by atoms with Gasteiger partial charge in [0.1, 0.15) is 5.69 Å². The third kappa shape index (κ3) is 3.05. The van der Waals surface area contributed by atoms with Crippen molar-refractivity contribution in [2.24, 2.45) is 0 Å². The molecule has 0 radical (unpaired) electrons. The molecule has 0 saturated heterocycles. The molecule has 1 saturated carbocycles. The molecule has 0 unspecified atom stereocenters. The molecule has 1 fully saturated rings. The lowest BCUT2D eigenvalue weighted by atomic mass is 10.1. The van der Waals surface area contributed by atoms with E-state index in [1.165, 1.54) is 24.0 Å². The number of methoxy groups -OCH3 is 1. The summed E-state index contributed by atoms with van der Waals surface area (Å²) in [5, 5.41) is 14.8. The molecule has 3 aromatic rings. The van der Waals surface area contributed by atoms with Crippen LogP contribution in [0.1, 0.15) is 34.7 Å². The summed E-state index contributed by atoms with van der Waals surface area (Å²) in [6.07, 6.45) is 4.53. The first-order valence-electron chi connectivity index (χ1n) is 8.35. The highest BCUT2D eigenvalue weighted by atomic mass is 35.5. The van der Waals surface area contributed by atoms with Gasteiger partial charge in [0.05, 0.1) is 29.2 Å². The average molecular weight is 407 g/mol. The van der Waals surface area contributed by atoms with Crippen LogP contribution in [0.4, 0.5) is 0 Å². The van der Waals surface area contributed by atoms with Crippen molar-refractivity contribution in [3.63, 3.8) is 0 Å². The van der Waals surface area contributed by atoms with Gasteiger partial charge in [0.15, 0.2) is 23.0 Å². The predicted molar refractivity (Wildman–Crippen MR) is 99.8 cm³/mol. The lowest BCUT2D eigenvalue weighted by Crippen LogP contribution is -2.15. The number of fused-ring (bicyclic) bond motifs is 1. The Morgan fingerprint density at radius 1 is 1.30 bits per heavy atom. The highest BCUT2D eigenvalue weighted by molar-refractivity contribution is 6.36. The number of aliphatic hydroxyl groups is 1. The van der Waals surface area contributed by atoms with Crippen LogP contribution in [0.5, 0.6) is 5.75 Å². The van der Waals surface area contributed by atoms with E-state index in [4.69, 9.17) is 27.9 Å². The van der Waals surface area contributed by atoms with Crippen molar-refractivity contribution in [2.45, 2.75) is 24.7 Å². The second-order valence-electron chi connectivity index (χ2n) is 6.58. The molecule has 0 spiro atoms. The molecule has 0 bridgehead atoms. The zero-order valence-electron chi connectivity index (χ0n) is 14.4. The maximum absolute atomic E-state index is 13.0. The zero-order valence-corrected chi connectivity index (χ0v) is 16.0. The summed E-state index contributed by atoms with van der Waals surface area (Å²) in [5.74, 6) is 0.797. The minimum atomic E-state index is -0.422. The number of nitrogens with zero attached hydrogens (tertiary/aromatic N) is 4. The molecule has 4 rings (SSSR count). The van der Waals surface area contributed by atoms with Gasteiger partial charge in [-0.1, -0.05) is 23.2 Å². The van der Waals surface area contributed by atoms with Gasteiger partial charge in [-0.25, -0.2) is 9.50 Å². The highest BCUT2D eigenvalue weighted by Gasteiger charge is 2.47. The molecule has 1 aliphatic rings. The lowest BCUT2D eigenvalue weighted by Gasteiger charge is -2.08. The molecule has 3 heterocycles. The van der Waals surface area contributed by atoms with Gasteiger partial charge in [-0.15, -0.1) is 5.10 Å². The van der Waals surface area contributed by atoms with Gasteiger partial charge in [-0.05, 0) is 25.0 Å². The Labute approximate surface area is 164 Å². The number of ketones is 1. The Hall–Kier alpha value is -2.22. The summed E-state index contributed by atoms with van der Waals surface area (Å²) in [5.41, 5.74) is 0.860. The van der Waals surface area contributed by atoms with Gasteiger partial charge in [0.2, 0.25) is 0 Å². The SMILES string of the molecule is COc1ccc(C(=O)Cc2c(Cl)cncc2Cl)n2nc(C3(CO)CC3)nc12. The van der Waals surface area contributed by atoms with E-state index in [2.05, 4.69) is 15.1 Å². The molecule has 27 heavy (non-hydrogen) atoms. The number of ether oxygens (including phenoxy) is 1. The first-order chi connectivity index (χ1) is 13.0. The normalized spacial score (nSPS) is 15.1. The van der Waals surface area contributed by atoms with Crippen LogP contribution < -0.4 is 4.74 Å². The molecule has 9 heteroatoms. The van der Waals surface area contributed by atoms with E-state index in [1.807, 2.05) is 0 Å². The molecule has 1 N–H and O–H groups in total. The average Bonchev–Trinajstić information content (AvgIpc) is 3.34. The van der Waals surface area contributed by atoms with Crippen molar-refractivity contribution in [3.8, 4) is 5.75 Å². The molecular formula is C18H16Cl2N4O3. The molecule has 0 atom stereocenters. The third-order valence-corrected chi connectivity index (χ3v) is 5.53. The summed E-state index contributed by atoms with van der Waals surface area (Å²) in [4.78, 5) is 21.4. The second-order valence-corrected chi connectivity index (χ2v) is 7.39. The molecule has 0 aliphatic heterocycles. The Morgan fingerprint density at radius 2 is 2.00 bits per heavy atom. The molecule has 3 aromatic heterocycles. The third-order valence-electron chi connectivity index (χ3n) is 4.87. The van der Waals surface area contributed by atoms with Crippen molar-refractivity contribution >= 4 is 34.6 Å². The fraction of sp³-hybridized carbons (Fsp3) is 0.333. The number of pyridine rings is 2. The van der Waals surface area contributed by atoms with E-state index in [-0.39, 0.29) is 18.8 Å². The second kappa shape index (κ2) is 6.74. The van der Waals surface area contributed by atoms with Gasteiger partial charge in [-0.3, -0.25) is 9.78 Å². The summed E-state index contributed by atoms with van der Waals surface area (Å²) in [6.45, 7) is -0.0301. The Morgan fingerprint density at radius 3 is 2.59 bits per heavy atom. The summed E-state index contributed by atoms with van der Waals surface area (Å²) >= 11 is 12.3. The van der Waals surface area contributed by atoms with Crippen molar-refractivity contribution < 1.29 is 14.6 Å². The summed E-state index contributed by atoms with van der Waals surface area (Å²) in [6, 6.07) is 3.31. The van der Waals surface area contributed by atoms with Gasteiger partial charge in [-0.2, -0.15) is 0 Å². The molecule has 0 aromatic carbocycles. The van der Waals surface area contributed by atoms with Crippen molar-refractivity contribution in [3.05, 3.63) is 51.7 Å². The Bertz CT molecular complexity index is 1030. The first-order valence-corrected chi connectivity index (χ1v) is 9.11. The number of hydrogen-bond donors (Lipinski definition) is 1. The van der Waals surface area contributed by atoms with Crippen LogP contribution >= 0.6 is 23.2 Å². The maximum Gasteiger partial charge on any atom is 0.198 e. The smallest absolute Gasteiger partial charge is 0.198 e. The number of hydrogen-bond acceptors (Lipinski definition) is 6. The first kappa shape index (κ1) is 18.2. The molecule has 7 nitrogen and oxygen atoms in total. The molecule has 1 aliphatic carbocycles. The number of rotatable bonds is 6. The number of halogens is 2. The molecular weight excluding hydrogens is 391 g/mol. The van der Waals surface area contributed by atoms with Crippen molar-refractivity contribution in [1.29, 1.82) is 0 Å². The Kier molecular flexibility index (Phi) is 4.53. The van der Waals surface area contributed by atoms with E-state index in [0.717, 1.165) is 12.8 Å². The van der Waals surface area contributed by atoms with E-state index in [0.29, 0.717) is 38.5 Å². The lowest BCUT2D eigenvalue weighted by molar-refractivity contribution is 0.0985. The largest absolute Gasteiger partial charge is 0.493 e. The minimum absolute atomic E-state index is 0.00194. The van der Waals surface area contributed by atoms with Gasteiger partial charge < -0.3 is 9.84 Å². The molecule has 140 valence electrons. The monoisotopic (exact) mass is 406 g/mol. The van der Waals surface area contributed by atoms with E-state index >= 15 is 0 Å². The van der Waals surface area contributed by atoms with E-state index in [9.17, 15) is 9.90 Å². The van der Waals surface area contributed by atoms with E-state index in [1.54, 1.807) is 12.1 Å². The quantitative estimate of drug-likeness (QED) is 0.632. The highest BCUT2D eigenvalue weighted by Crippen LogP contribution is 2.46. The van der Waals surface area contributed by atoms with Gasteiger partial charge in [0.25, 0.3) is 0 Å². The fourth-order valence-corrected chi connectivity index (χ4v) is 3.49. The van der Waals surface area contributed by atoms with Gasteiger partial charge in [0, 0.05) is 24.4 Å². The number of carbonyl (C=O) groups excluding carboxylic acids is 1. The number of aromatic nitrogens is 4. The summed E-state index contributed by atoms with van der Waals surface area (Å²) in [7, 11) is 1.53. The van der Waals surface area contributed by atoms with Gasteiger partial charge >= 0.3 is 0 Å². The van der Waals surface area contributed by atoms with Crippen LogP contribution in [0, 0.1) is 0 Å². The number of carbonyl (C=O) groups is 1. The minimum Gasteiger partial charge on any atom is -0.493 e. The van der Waals surface area contributed by atoms with Crippen LogP contribution in [0.25, 0.3) is 5.65 Å². The number of Topliss-reactive ketones (excluding diaryl/α,β-unsaturated/α-hetero) is 1. The topological polar surface area (TPSA) is 89.6 Å².